The SMILES string of the molecule is COc1ccc(S(=O)(=O)NCC2(Cc3ccc(CCS(=O)(=O)C4CCCC4)cc3)CCC2)cc1. The number of ether oxygens (including phenoxy) is 1. The third kappa shape index (κ3) is 6.01. The van der Waals surface area contributed by atoms with Crippen molar-refractivity contribution in [3.63, 3.8) is 0 Å². The van der Waals surface area contributed by atoms with Gasteiger partial charge in [-0.2, -0.15) is 0 Å². The summed E-state index contributed by atoms with van der Waals surface area (Å²) >= 11 is 0. The summed E-state index contributed by atoms with van der Waals surface area (Å²) in [5.74, 6) is 0.836. The molecule has 186 valence electrons. The lowest BCUT2D eigenvalue weighted by atomic mass is 9.65. The molecule has 0 heterocycles. The summed E-state index contributed by atoms with van der Waals surface area (Å²) in [5, 5.41) is -0.146. The molecule has 0 bridgehead atoms. The van der Waals surface area contributed by atoms with Gasteiger partial charge in [0.25, 0.3) is 0 Å². The quantitative estimate of drug-likeness (QED) is 0.492. The number of rotatable bonds is 11. The third-order valence-corrected chi connectivity index (χ3v) is 11.2. The van der Waals surface area contributed by atoms with Gasteiger partial charge in [0.05, 0.1) is 23.0 Å². The van der Waals surface area contributed by atoms with E-state index in [1.165, 1.54) is 0 Å². The number of hydrogen-bond acceptors (Lipinski definition) is 5. The second-order valence-corrected chi connectivity index (χ2v) is 14.0. The minimum Gasteiger partial charge on any atom is -0.497 e. The van der Waals surface area contributed by atoms with Crippen molar-refractivity contribution in [3.8, 4) is 5.75 Å². The Balaban J connectivity index is 1.33. The minimum atomic E-state index is -3.58. The standard InChI is InChI=1S/C26H35NO5S2/c1-32-23-11-13-25(14-12-23)34(30,31)27-20-26(16-4-17-26)19-22-9-7-21(8-10-22)15-18-33(28,29)24-5-2-3-6-24/h7-14,24,27H,2-6,15-20H2,1H3. The topological polar surface area (TPSA) is 89.5 Å². The fourth-order valence-corrected chi connectivity index (χ4v) is 8.17. The summed E-state index contributed by atoms with van der Waals surface area (Å²) in [6.45, 7) is 0.406. The van der Waals surface area contributed by atoms with Gasteiger partial charge in [0.15, 0.2) is 9.84 Å². The van der Waals surface area contributed by atoms with Crippen LogP contribution in [0.5, 0.6) is 5.75 Å². The van der Waals surface area contributed by atoms with Crippen LogP contribution in [0.4, 0.5) is 0 Å². The van der Waals surface area contributed by atoms with Crippen molar-refractivity contribution < 1.29 is 21.6 Å². The number of benzene rings is 2. The summed E-state index contributed by atoms with van der Waals surface area (Å²) < 4.78 is 58.5. The maximum atomic E-state index is 12.8. The normalized spacial score (nSPS) is 18.5. The molecule has 6 nitrogen and oxygen atoms in total. The van der Waals surface area contributed by atoms with Crippen LogP contribution < -0.4 is 9.46 Å². The Labute approximate surface area is 204 Å². The molecule has 2 fully saturated rings. The summed E-state index contributed by atoms with van der Waals surface area (Å²) in [7, 11) is -5.05. The van der Waals surface area contributed by atoms with Crippen LogP contribution in [0.2, 0.25) is 0 Å². The Kier molecular flexibility index (Phi) is 7.69. The molecular weight excluding hydrogens is 470 g/mol. The molecule has 2 aromatic carbocycles. The Morgan fingerprint density at radius 2 is 1.50 bits per heavy atom. The van der Waals surface area contributed by atoms with E-state index in [1.807, 2.05) is 12.1 Å². The van der Waals surface area contributed by atoms with E-state index in [1.54, 1.807) is 31.4 Å². The molecule has 0 amide bonds. The molecule has 34 heavy (non-hydrogen) atoms. The second kappa shape index (κ2) is 10.4. The predicted molar refractivity (Wildman–Crippen MR) is 134 cm³/mol. The monoisotopic (exact) mass is 505 g/mol. The molecule has 1 N–H and O–H groups in total. The van der Waals surface area contributed by atoms with E-state index in [0.717, 1.165) is 62.5 Å². The van der Waals surface area contributed by atoms with E-state index in [0.29, 0.717) is 18.7 Å². The molecule has 0 aromatic heterocycles. The largest absolute Gasteiger partial charge is 0.497 e. The van der Waals surface area contributed by atoms with E-state index in [4.69, 9.17) is 4.74 Å². The average Bonchev–Trinajstić information content (AvgIpc) is 3.36. The van der Waals surface area contributed by atoms with Gasteiger partial charge in [0.1, 0.15) is 5.75 Å². The maximum Gasteiger partial charge on any atom is 0.240 e. The van der Waals surface area contributed by atoms with Gasteiger partial charge in [0, 0.05) is 6.54 Å². The van der Waals surface area contributed by atoms with Crippen LogP contribution in [0, 0.1) is 5.41 Å². The van der Waals surface area contributed by atoms with E-state index < -0.39 is 19.9 Å². The van der Waals surface area contributed by atoms with E-state index >= 15 is 0 Å². The zero-order valence-corrected chi connectivity index (χ0v) is 21.5. The highest BCUT2D eigenvalue weighted by atomic mass is 32.2. The summed E-state index contributed by atoms with van der Waals surface area (Å²) in [4.78, 5) is 0.236. The molecule has 0 spiro atoms. The first-order valence-electron chi connectivity index (χ1n) is 12.1. The number of sulfonamides is 1. The van der Waals surface area contributed by atoms with E-state index in [-0.39, 0.29) is 21.3 Å². The number of nitrogens with one attached hydrogen (secondary N) is 1. The van der Waals surface area contributed by atoms with Gasteiger partial charge in [-0.25, -0.2) is 21.6 Å². The lowest BCUT2D eigenvalue weighted by molar-refractivity contribution is 0.139. The zero-order chi connectivity index (χ0) is 24.2. The lowest BCUT2D eigenvalue weighted by Crippen LogP contribution is -2.43. The minimum absolute atomic E-state index is 0.0765. The van der Waals surface area contributed by atoms with Crippen molar-refractivity contribution in [1.82, 2.24) is 4.72 Å². The van der Waals surface area contributed by atoms with Crippen LogP contribution in [-0.4, -0.2) is 41.5 Å². The molecule has 0 radical (unpaired) electrons. The molecule has 0 aliphatic heterocycles. The highest BCUT2D eigenvalue weighted by Gasteiger charge is 2.38. The van der Waals surface area contributed by atoms with Gasteiger partial charge in [-0.05, 0) is 79.3 Å². The number of aryl methyl sites for hydroxylation is 1. The molecule has 0 saturated heterocycles. The first-order chi connectivity index (χ1) is 16.2. The van der Waals surface area contributed by atoms with Crippen molar-refractivity contribution in [2.24, 2.45) is 5.41 Å². The van der Waals surface area contributed by atoms with Crippen LogP contribution in [-0.2, 0) is 32.7 Å². The van der Waals surface area contributed by atoms with Gasteiger partial charge < -0.3 is 4.74 Å². The van der Waals surface area contributed by atoms with E-state index in [9.17, 15) is 16.8 Å². The summed E-state index contributed by atoms with van der Waals surface area (Å²) in [6.07, 6.45) is 8.09. The molecular formula is C26H35NO5S2. The molecule has 2 aromatic rings. The van der Waals surface area contributed by atoms with Crippen molar-refractivity contribution in [2.45, 2.75) is 67.9 Å². The van der Waals surface area contributed by atoms with E-state index in [2.05, 4.69) is 16.9 Å². The van der Waals surface area contributed by atoms with Gasteiger partial charge in [0.2, 0.25) is 10.0 Å². The van der Waals surface area contributed by atoms with Gasteiger partial charge >= 0.3 is 0 Å². The van der Waals surface area contributed by atoms with Crippen LogP contribution in [0.15, 0.2) is 53.4 Å². The second-order valence-electron chi connectivity index (χ2n) is 9.87. The summed E-state index contributed by atoms with van der Waals surface area (Å²) in [6, 6.07) is 14.6. The lowest BCUT2D eigenvalue weighted by Gasteiger charge is -2.42. The van der Waals surface area contributed by atoms with Crippen LogP contribution in [0.1, 0.15) is 56.1 Å². The Morgan fingerprint density at radius 3 is 2.06 bits per heavy atom. The van der Waals surface area contributed by atoms with Crippen LogP contribution >= 0.6 is 0 Å². The average molecular weight is 506 g/mol. The van der Waals surface area contributed by atoms with Gasteiger partial charge in [-0.3, -0.25) is 0 Å². The van der Waals surface area contributed by atoms with Crippen molar-refractivity contribution in [1.29, 1.82) is 0 Å². The highest BCUT2D eigenvalue weighted by molar-refractivity contribution is 7.92. The van der Waals surface area contributed by atoms with Crippen LogP contribution in [0.25, 0.3) is 0 Å². The van der Waals surface area contributed by atoms with Crippen molar-refractivity contribution in [3.05, 3.63) is 59.7 Å². The predicted octanol–water partition coefficient (Wildman–Crippen LogP) is 4.29. The Bertz CT molecular complexity index is 1160. The van der Waals surface area contributed by atoms with Crippen molar-refractivity contribution in [2.75, 3.05) is 19.4 Å². The zero-order valence-electron chi connectivity index (χ0n) is 19.8. The third-order valence-electron chi connectivity index (χ3n) is 7.51. The van der Waals surface area contributed by atoms with Gasteiger partial charge in [-0.1, -0.05) is 43.5 Å². The smallest absolute Gasteiger partial charge is 0.240 e. The molecule has 2 aliphatic rings. The van der Waals surface area contributed by atoms with Gasteiger partial charge in [-0.15, -0.1) is 0 Å². The van der Waals surface area contributed by atoms with Crippen LogP contribution in [0.3, 0.4) is 0 Å². The summed E-state index contributed by atoms with van der Waals surface area (Å²) in [5.41, 5.74) is 2.12. The number of sulfone groups is 1. The molecule has 2 saturated carbocycles. The molecule has 0 atom stereocenters. The first kappa shape index (κ1) is 25.2. The molecule has 2 aliphatic carbocycles. The Morgan fingerprint density at radius 1 is 0.882 bits per heavy atom. The molecule has 4 rings (SSSR count). The fourth-order valence-electron chi connectivity index (χ4n) is 5.11. The molecule has 8 heteroatoms. The number of methoxy groups -OCH3 is 1. The maximum absolute atomic E-state index is 12.8. The number of hydrogen-bond donors (Lipinski definition) is 1. The first-order valence-corrected chi connectivity index (χ1v) is 15.3. The Hall–Kier alpha value is -1.90. The van der Waals surface area contributed by atoms with Crippen molar-refractivity contribution >= 4 is 19.9 Å². The molecule has 0 unspecified atom stereocenters. The highest BCUT2D eigenvalue weighted by Crippen LogP contribution is 2.43. The fraction of sp³-hybridized carbons (Fsp3) is 0.538.